The molecule has 2 aromatic rings. The van der Waals surface area contributed by atoms with E-state index in [2.05, 4.69) is 10.6 Å². The van der Waals surface area contributed by atoms with Crippen molar-refractivity contribution in [3.05, 3.63) is 53.1 Å². The highest BCUT2D eigenvalue weighted by atomic mass is 35.5. The first-order valence-corrected chi connectivity index (χ1v) is 9.12. The number of benzene rings is 2. The van der Waals surface area contributed by atoms with Crippen LogP contribution in [0.1, 0.15) is 17.3 Å². The number of halogens is 1. The summed E-state index contributed by atoms with van der Waals surface area (Å²) in [6, 6.07) is 10.5. The van der Waals surface area contributed by atoms with Crippen LogP contribution in [0.2, 0.25) is 5.02 Å². The summed E-state index contributed by atoms with van der Waals surface area (Å²) in [5.74, 6) is -0.784. The fraction of sp³-hybridized carbons (Fsp3) is 0.125. The Labute approximate surface area is 144 Å². The molecule has 0 atom stereocenters. The molecular formula is C16H15ClN2O4S. The van der Waals surface area contributed by atoms with Crippen LogP contribution in [0.25, 0.3) is 0 Å². The van der Waals surface area contributed by atoms with Crippen LogP contribution >= 0.6 is 11.6 Å². The molecule has 2 aromatic carbocycles. The Bertz CT molecular complexity index is 910. The minimum Gasteiger partial charge on any atom is -0.326 e. The Hall–Kier alpha value is -2.38. The number of nitrogens with one attached hydrogen (secondary N) is 2. The molecule has 0 spiro atoms. The van der Waals surface area contributed by atoms with Crippen molar-refractivity contribution in [2.45, 2.75) is 11.8 Å². The van der Waals surface area contributed by atoms with Crippen molar-refractivity contribution in [2.75, 3.05) is 16.9 Å². The van der Waals surface area contributed by atoms with Crippen LogP contribution in [0, 0.1) is 0 Å². The highest BCUT2D eigenvalue weighted by Crippen LogP contribution is 2.22. The molecule has 0 saturated heterocycles. The lowest BCUT2D eigenvalue weighted by molar-refractivity contribution is -0.114. The summed E-state index contributed by atoms with van der Waals surface area (Å²) in [5, 5.41) is 5.36. The first-order valence-electron chi connectivity index (χ1n) is 6.85. The van der Waals surface area contributed by atoms with Gasteiger partial charge in [0.25, 0.3) is 5.91 Å². The maximum absolute atomic E-state index is 12.4. The Morgan fingerprint density at radius 3 is 2.21 bits per heavy atom. The third-order valence-corrected chi connectivity index (χ3v) is 4.49. The number of sulfone groups is 1. The molecule has 2 amide bonds. The van der Waals surface area contributed by atoms with Crippen LogP contribution in [-0.4, -0.2) is 26.5 Å². The third-order valence-electron chi connectivity index (χ3n) is 3.05. The van der Waals surface area contributed by atoms with Gasteiger partial charge in [-0.25, -0.2) is 8.42 Å². The van der Waals surface area contributed by atoms with Gasteiger partial charge in [-0.1, -0.05) is 17.7 Å². The van der Waals surface area contributed by atoms with E-state index in [0.717, 1.165) is 6.26 Å². The van der Waals surface area contributed by atoms with Gasteiger partial charge in [0.1, 0.15) is 0 Å². The largest absolute Gasteiger partial charge is 0.326 e. The SMILES string of the molecule is CC(=O)Nc1cccc(NC(=O)c2cc(S(C)(=O)=O)ccc2Cl)c1. The van der Waals surface area contributed by atoms with E-state index >= 15 is 0 Å². The number of rotatable bonds is 4. The zero-order valence-corrected chi connectivity index (χ0v) is 14.5. The average Bonchev–Trinajstić information content (AvgIpc) is 2.46. The van der Waals surface area contributed by atoms with Gasteiger partial charge in [0.05, 0.1) is 15.5 Å². The second-order valence-electron chi connectivity index (χ2n) is 5.13. The molecule has 0 unspecified atom stereocenters. The molecule has 0 aliphatic heterocycles. The zero-order chi connectivity index (χ0) is 17.9. The van der Waals surface area contributed by atoms with Crippen LogP contribution in [0.5, 0.6) is 0 Å². The van der Waals surface area contributed by atoms with E-state index in [4.69, 9.17) is 11.6 Å². The van der Waals surface area contributed by atoms with Gasteiger partial charge in [-0.05, 0) is 36.4 Å². The molecule has 126 valence electrons. The maximum atomic E-state index is 12.4. The van der Waals surface area contributed by atoms with E-state index < -0.39 is 15.7 Å². The molecule has 8 heteroatoms. The molecule has 0 aliphatic carbocycles. The first-order chi connectivity index (χ1) is 11.2. The van der Waals surface area contributed by atoms with Crippen LogP contribution in [0.15, 0.2) is 47.4 Å². The van der Waals surface area contributed by atoms with Crippen LogP contribution in [-0.2, 0) is 14.6 Å². The second kappa shape index (κ2) is 7.02. The monoisotopic (exact) mass is 366 g/mol. The molecule has 24 heavy (non-hydrogen) atoms. The normalized spacial score (nSPS) is 11.0. The van der Waals surface area contributed by atoms with Gasteiger partial charge in [-0.2, -0.15) is 0 Å². The predicted octanol–water partition coefficient (Wildman–Crippen LogP) is 2.95. The van der Waals surface area contributed by atoms with Gasteiger partial charge in [-0.3, -0.25) is 9.59 Å². The Morgan fingerprint density at radius 2 is 1.62 bits per heavy atom. The molecule has 0 aromatic heterocycles. The molecule has 0 saturated carbocycles. The van der Waals surface area contributed by atoms with E-state index in [0.29, 0.717) is 11.4 Å². The summed E-state index contributed by atoms with van der Waals surface area (Å²) < 4.78 is 23.2. The Balaban J connectivity index is 2.29. The minimum absolute atomic E-state index is 0.00375. The van der Waals surface area contributed by atoms with Crippen molar-refractivity contribution in [1.29, 1.82) is 0 Å². The van der Waals surface area contributed by atoms with Crippen LogP contribution in [0.3, 0.4) is 0 Å². The van der Waals surface area contributed by atoms with Gasteiger partial charge in [-0.15, -0.1) is 0 Å². The lowest BCUT2D eigenvalue weighted by Crippen LogP contribution is -2.14. The van der Waals surface area contributed by atoms with E-state index in [-0.39, 0.29) is 21.4 Å². The molecule has 0 heterocycles. The minimum atomic E-state index is -3.45. The smallest absolute Gasteiger partial charge is 0.257 e. The number of carbonyl (C=O) groups is 2. The molecule has 0 bridgehead atoms. The Morgan fingerprint density at radius 1 is 1.00 bits per heavy atom. The summed E-state index contributed by atoms with van der Waals surface area (Å²) in [7, 11) is -3.45. The van der Waals surface area contributed by atoms with Gasteiger partial charge < -0.3 is 10.6 Å². The third kappa shape index (κ3) is 4.56. The number of amides is 2. The molecule has 0 fully saturated rings. The lowest BCUT2D eigenvalue weighted by atomic mass is 10.2. The van der Waals surface area contributed by atoms with Crippen LogP contribution < -0.4 is 10.6 Å². The van der Waals surface area contributed by atoms with Gasteiger partial charge in [0, 0.05) is 24.6 Å². The van der Waals surface area contributed by atoms with Gasteiger partial charge in [0.2, 0.25) is 5.91 Å². The number of anilines is 2. The predicted molar refractivity (Wildman–Crippen MR) is 93.3 cm³/mol. The number of hydrogen-bond acceptors (Lipinski definition) is 4. The topological polar surface area (TPSA) is 92.3 Å². The average molecular weight is 367 g/mol. The fourth-order valence-corrected chi connectivity index (χ4v) is 2.84. The van der Waals surface area contributed by atoms with Gasteiger partial charge >= 0.3 is 0 Å². The molecule has 2 rings (SSSR count). The number of hydrogen-bond donors (Lipinski definition) is 2. The second-order valence-corrected chi connectivity index (χ2v) is 7.55. The summed E-state index contributed by atoms with van der Waals surface area (Å²) in [4.78, 5) is 23.4. The van der Waals surface area contributed by atoms with Crippen molar-refractivity contribution < 1.29 is 18.0 Å². The summed E-state index contributed by atoms with van der Waals surface area (Å²) >= 11 is 5.99. The summed E-state index contributed by atoms with van der Waals surface area (Å²) in [6.07, 6.45) is 1.05. The van der Waals surface area contributed by atoms with Crippen molar-refractivity contribution >= 4 is 44.6 Å². The van der Waals surface area contributed by atoms with E-state index in [1.807, 2.05) is 0 Å². The summed E-state index contributed by atoms with van der Waals surface area (Å²) in [6.45, 7) is 1.38. The van der Waals surface area contributed by atoms with Crippen molar-refractivity contribution in [3.63, 3.8) is 0 Å². The van der Waals surface area contributed by atoms with Crippen molar-refractivity contribution in [2.24, 2.45) is 0 Å². The van der Waals surface area contributed by atoms with E-state index in [1.54, 1.807) is 24.3 Å². The van der Waals surface area contributed by atoms with Gasteiger partial charge in [0.15, 0.2) is 9.84 Å². The lowest BCUT2D eigenvalue weighted by Gasteiger charge is -2.10. The summed E-state index contributed by atoms with van der Waals surface area (Å²) in [5.41, 5.74) is 1.01. The highest BCUT2D eigenvalue weighted by molar-refractivity contribution is 7.90. The zero-order valence-electron chi connectivity index (χ0n) is 13.0. The fourth-order valence-electron chi connectivity index (χ4n) is 1.99. The molecular weight excluding hydrogens is 352 g/mol. The highest BCUT2D eigenvalue weighted by Gasteiger charge is 2.15. The first kappa shape index (κ1) is 18.0. The van der Waals surface area contributed by atoms with Crippen molar-refractivity contribution in [3.8, 4) is 0 Å². The quantitative estimate of drug-likeness (QED) is 0.870. The standard InChI is InChI=1S/C16H15ClN2O4S/c1-10(20)18-11-4-3-5-12(8-11)19-16(21)14-9-13(24(2,22)23)6-7-15(14)17/h3-9H,1-2H3,(H,18,20)(H,19,21). The van der Waals surface area contributed by atoms with Crippen LogP contribution in [0.4, 0.5) is 11.4 Å². The molecule has 0 radical (unpaired) electrons. The molecule has 2 N–H and O–H groups in total. The molecule has 6 nitrogen and oxygen atoms in total. The molecule has 0 aliphatic rings. The number of carbonyl (C=O) groups excluding carboxylic acids is 2. The maximum Gasteiger partial charge on any atom is 0.257 e. The Kier molecular flexibility index (Phi) is 5.26. The van der Waals surface area contributed by atoms with E-state index in [9.17, 15) is 18.0 Å². The van der Waals surface area contributed by atoms with Crippen molar-refractivity contribution in [1.82, 2.24) is 0 Å². The van der Waals surface area contributed by atoms with E-state index in [1.165, 1.54) is 25.1 Å².